The second-order valence-electron chi connectivity index (χ2n) is 4.58. The summed E-state index contributed by atoms with van der Waals surface area (Å²) >= 11 is 6.11. The van der Waals surface area contributed by atoms with Crippen LogP contribution >= 0.6 is 24.0 Å². The molecular weight excluding hydrogens is 285 g/mol. The monoisotopic (exact) mass is 305 g/mol. The minimum absolute atomic E-state index is 0. The summed E-state index contributed by atoms with van der Waals surface area (Å²) < 4.78 is 10.8. The molecule has 19 heavy (non-hydrogen) atoms. The van der Waals surface area contributed by atoms with E-state index in [-0.39, 0.29) is 12.4 Å². The molecule has 1 atom stereocenters. The fourth-order valence-corrected chi connectivity index (χ4v) is 2.43. The predicted molar refractivity (Wildman–Crippen MR) is 81.0 cm³/mol. The first-order valence-electron chi connectivity index (χ1n) is 6.49. The number of hydrogen-bond acceptors (Lipinski definition) is 3. The van der Waals surface area contributed by atoms with Crippen molar-refractivity contribution in [2.75, 3.05) is 20.3 Å². The van der Waals surface area contributed by atoms with Crippen LogP contribution in [0.5, 0.6) is 11.5 Å². The summed E-state index contributed by atoms with van der Waals surface area (Å²) in [5.74, 6) is 1.48. The smallest absolute Gasteiger partial charge is 0.138 e. The lowest BCUT2D eigenvalue weighted by atomic mass is 10.0. The summed E-state index contributed by atoms with van der Waals surface area (Å²) in [6, 6.07) is 6.08. The van der Waals surface area contributed by atoms with Gasteiger partial charge in [0.25, 0.3) is 0 Å². The Kier molecular flexibility index (Phi) is 7.36. The van der Waals surface area contributed by atoms with Gasteiger partial charge in [-0.05, 0) is 37.9 Å². The Bertz CT molecular complexity index is 382. The summed E-state index contributed by atoms with van der Waals surface area (Å²) in [5, 5.41) is 4.11. The van der Waals surface area contributed by atoms with E-state index in [4.69, 9.17) is 21.1 Å². The highest BCUT2D eigenvalue weighted by molar-refractivity contribution is 6.32. The second kappa shape index (κ2) is 8.51. The topological polar surface area (TPSA) is 30.5 Å². The van der Waals surface area contributed by atoms with Crippen molar-refractivity contribution in [1.29, 1.82) is 0 Å². The van der Waals surface area contributed by atoms with E-state index in [2.05, 4.69) is 5.32 Å². The Morgan fingerprint density at radius 1 is 1.37 bits per heavy atom. The molecule has 1 aliphatic rings. The fraction of sp³-hybridized carbons (Fsp3) is 0.571. The lowest BCUT2D eigenvalue weighted by Gasteiger charge is -2.23. The number of ether oxygens (including phenoxy) is 2. The highest BCUT2D eigenvalue weighted by Crippen LogP contribution is 2.28. The zero-order chi connectivity index (χ0) is 12.8. The molecule has 1 aromatic carbocycles. The molecule has 1 N–H and O–H groups in total. The average molecular weight is 306 g/mol. The Morgan fingerprint density at radius 2 is 2.21 bits per heavy atom. The predicted octanol–water partition coefficient (Wildman–Crippen LogP) is 3.68. The third kappa shape index (κ3) is 5.09. The van der Waals surface area contributed by atoms with Crippen LogP contribution in [-0.4, -0.2) is 26.3 Å². The molecule has 0 radical (unpaired) electrons. The number of nitrogens with one attached hydrogen (secondary N) is 1. The van der Waals surface area contributed by atoms with Crippen molar-refractivity contribution in [2.45, 2.75) is 31.7 Å². The van der Waals surface area contributed by atoms with E-state index in [9.17, 15) is 0 Å². The summed E-state index contributed by atoms with van der Waals surface area (Å²) in [6.45, 7) is 1.83. The van der Waals surface area contributed by atoms with Gasteiger partial charge in [0.1, 0.15) is 11.5 Å². The van der Waals surface area contributed by atoms with Gasteiger partial charge in [0.15, 0.2) is 0 Å². The molecule has 1 unspecified atom stereocenters. The van der Waals surface area contributed by atoms with Gasteiger partial charge < -0.3 is 14.8 Å². The van der Waals surface area contributed by atoms with Crippen LogP contribution in [-0.2, 0) is 0 Å². The Morgan fingerprint density at radius 3 is 2.84 bits per heavy atom. The number of methoxy groups -OCH3 is 1. The molecule has 2 rings (SSSR count). The number of hydrogen-bond donors (Lipinski definition) is 1. The zero-order valence-corrected chi connectivity index (χ0v) is 12.7. The second-order valence-corrected chi connectivity index (χ2v) is 4.99. The van der Waals surface area contributed by atoms with Crippen molar-refractivity contribution in [3.63, 3.8) is 0 Å². The van der Waals surface area contributed by atoms with Gasteiger partial charge >= 0.3 is 0 Å². The minimum atomic E-state index is 0. The van der Waals surface area contributed by atoms with Gasteiger partial charge in [-0.25, -0.2) is 0 Å². The number of piperidine rings is 1. The Labute approximate surface area is 126 Å². The molecule has 1 heterocycles. The van der Waals surface area contributed by atoms with Crippen LogP contribution in [0.4, 0.5) is 0 Å². The summed E-state index contributed by atoms with van der Waals surface area (Å²) in [6.07, 6.45) is 4.89. The maximum atomic E-state index is 6.11. The van der Waals surface area contributed by atoms with Crippen LogP contribution in [0.2, 0.25) is 5.02 Å². The van der Waals surface area contributed by atoms with Gasteiger partial charge in [-0.15, -0.1) is 12.4 Å². The van der Waals surface area contributed by atoms with Crippen LogP contribution in [0.1, 0.15) is 25.7 Å². The lowest BCUT2D eigenvalue weighted by Crippen LogP contribution is -2.35. The van der Waals surface area contributed by atoms with E-state index in [0.717, 1.165) is 24.5 Å². The van der Waals surface area contributed by atoms with E-state index in [1.165, 1.54) is 19.3 Å². The standard InChI is InChI=1S/C14H20ClNO2.ClH/c1-17-12-5-6-14(13(15)10-12)18-9-7-11-4-2-3-8-16-11;/h5-6,10-11,16H,2-4,7-9H2,1H3;1H. The molecule has 0 saturated carbocycles. The zero-order valence-electron chi connectivity index (χ0n) is 11.2. The molecule has 0 spiro atoms. The van der Waals surface area contributed by atoms with Gasteiger partial charge in [0, 0.05) is 12.1 Å². The first-order valence-corrected chi connectivity index (χ1v) is 6.87. The van der Waals surface area contributed by atoms with Gasteiger partial charge in [-0.1, -0.05) is 18.0 Å². The summed E-state index contributed by atoms with van der Waals surface area (Å²) in [7, 11) is 1.63. The van der Waals surface area contributed by atoms with Crippen LogP contribution in [0.25, 0.3) is 0 Å². The van der Waals surface area contributed by atoms with E-state index >= 15 is 0 Å². The third-order valence-corrected chi connectivity index (χ3v) is 3.57. The van der Waals surface area contributed by atoms with E-state index in [1.807, 2.05) is 12.1 Å². The Balaban J connectivity index is 0.00000180. The summed E-state index contributed by atoms with van der Waals surface area (Å²) in [4.78, 5) is 0. The molecule has 1 aromatic rings. The van der Waals surface area contributed by atoms with Crippen LogP contribution in [0.3, 0.4) is 0 Å². The van der Waals surface area contributed by atoms with Crippen molar-refractivity contribution < 1.29 is 9.47 Å². The van der Waals surface area contributed by atoms with E-state index in [0.29, 0.717) is 17.7 Å². The highest BCUT2D eigenvalue weighted by Gasteiger charge is 2.12. The first-order chi connectivity index (χ1) is 8.79. The van der Waals surface area contributed by atoms with E-state index in [1.54, 1.807) is 13.2 Å². The van der Waals surface area contributed by atoms with Crippen molar-refractivity contribution in [3.8, 4) is 11.5 Å². The van der Waals surface area contributed by atoms with Crippen molar-refractivity contribution in [1.82, 2.24) is 5.32 Å². The highest BCUT2D eigenvalue weighted by atomic mass is 35.5. The van der Waals surface area contributed by atoms with Gasteiger partial charge in [-0.3, -0.25) is 0 Å². The fourth-order valence-electron chi connectivity index (χ4n) is 2.21. The molecule has 5 heteroatoms. The summed E-state index contributed by atoms with van der Waals surface area (Å²) in [5.41, 5.74) is 0. The quantitative estimate of drug-likeness (QED) is 0.900. The van der Waals surface area contributed by atoms with Crippen molar-refractivity contribution in [3.05, 3.63) is 23.2 Å². The molecule has 0 aliphatic carbocycles. The molecule has 108 valence electrons. The molecule has 1 aliphatic heterocycles. The molecule has 0 amide bonds. The number of halogens is 2. The van der Waals surface area contributed by atoms with Gasteiger partial charge in [0.2, 0.25) is 0 Å². The molecule has 1 saturated heterocycles. The SMILES string of the molecule is COc1ccc(OCCC2CCCCN2)c(Cl)c1.Cl. The molecule has 0 bridgehead atoms. The normalized spacial score (nSPS) is 18.5. The lowest BCUT2D eigenvalue weighted by molar-refractivity contribution is 0.268. The molecule has 3 nitrogen and oxygen atoms in total. The maximum Gasteiger partial charge on any atom is 0.138 e. The molecule has 1 fully saturated rings. The van der Waals surface area contributed by atoms with Gasteiger partial charge in [0.05, 0.1) is 18.7 Å². The third-order valence-electron chi connectivity index (χ3n) is 3.28. The van der Waals surface area contributed by atoms with Gasteiger partial charge in [-0.2, -0.15) is 0 Å². The molecule has 0 aromatic heterocycles. The maximum absolute atomic E-state index is 6.11. The van der Waals surface area contributed by atoms with Crippen LogP contribution in [0, 0.1) is 0 Å². The molecular formula is C14H21Cl2NO2. The van der Waals surface area contributed by atoms with Crippen molar-refractivity contribution >= 4 is 24.0 Å². The largest absolute Gasteiger partial charge is 0.497 e. The number of rotatable bonds is 5. The minimum Gasteiger partial charge on any atom is -0.497 e. The first kappa shape index (κ1) is 16.4. The van der Waals surface area contributed by atoms with E-state index < -0.39 is 0 Å². The van der Waals surface area contributed by atoms with Crippen LogP contribution < -0.4 is 14.8 Å². The number of benzene rings is 1. The average Bonchev–Trinajstić information content (AvgIpc) is 2.42. The van der Waals surface area contributed by atoms with Crippen LogP contribution in [0.15, 0.2) is 18.2 Å². The Hall–Kier alpha value is -0.640. The van der Waals surface area contributed by atoms with Crippen molar-refractivity contribution in [2.24, 2.45) is 0 Å².